The smallest absolute Gasteiger partial charge is 0.327 e. The number of carbonyl (C=O) groups excluding carboxylic acids is 2. The topological polar surface area (TPSA) is 64.1 Å². The molecule has 2 aliphatic rings. The Morgan fingerprint density at radius 3 is 2.29 bits per heavy atom. The maximum atomic E-state index is 13.2. The molecule has 0 aromatic heterocycles. The van der Waals surface area contributed by atoms with Gasteiger partial charge in [0.05, 0.1) is 6.54 Å². The van der Waals surface area contributed by atoms with Crippen molar-refractivity contribution >= 4 is 11.9 Å². The predicted octanol–water partition coefficient (Wildman–Crippen LogP) is 2.82. The molecule has 2 aromatic rings. The number of imide groups is 1. The number of phenols is 1. The summed E-state index contributed by atoms with van der Waals surface area (Å²) >= 11 is 0. The van der Waals surface area contributed by atoms with Crippen LogP contribution >= 0.6 is 0 Å². The van der Waals surface area contributed by atoms with Crippen LogP contribution in [0.1, 0.15) is 24.0 Å². The minimum atomic E-state index is -0.735. The van der Waals surface area contributed by atoms with Gasteiger partial charge in [0.1, 0.15) is 11.3 Å². The fourth-order valence-electron chi connectivity index (χ4n) is 4.29. The molecule has 2 aromatic carbocycles. The van der Waals surface area contributed by atoms with E-state index in [2.05, 4.69) is 4.90 Å². The zero-order valence-corrected chi connectivity index (χ0v) is 16.0. The maximum absolute atomic E-state index is 13.2. The molecule has 1 N–H and O–H groups in total. The van der Waals surface area contributed by atoms with Crippen molar-refractivity contribution in [2.24, 2.45) is 0 Å². The van der Waals surface area contributed by atoms with E-state index in [0.717, 1.165) is 30.8 Å². The molecule has 0 aliphatic carbocycles. The molecular formula is C22H25N3O3. The molecule has 2 fully saturated rings. The Morgan fingerprint density at radius 2 is 1.61 bits per heavy atom. The van der Waals surface area contributed by atoms with E-state index in [4.69, 9.17) is 0 Å². The number of nitrogens with zero attached hydrogens (tertiary/aromatic N) is 3. The van der Waals surface area contributed by atoms with Crippen molar-refractivity contribution in [3.8, 4) is 5.75 Å². The van der Waals surface area contributed by atoms with Gasteiger partial charge in [0, 0.05) is 26.7 Å². The third-order valence-corrected chi connectivity index (χ3v) is 5.99. The molecular weight excluding hydrogens is 354 g/mol. The maximum Gasteiger partial charge on any atom is 0.327 e. The number of phenolic OH excluding ortho intramolecular Hbond substituents is 1. The van der Waals surface area contributed by atoms with Gasteiger partial charge in [-0.3, -0.25) is 14.6 Å². The summed E-state index contributed by atoms with van der Waals surface area (Å²) < 4.78 is 0. The first-order valence-electron chi connectivity index (χ1n) is 9.63. The molecule has 0 bridgehead atoms. The molecule has 0 atom stereocenters. The molecule has 6 nitrogen and oxygen atoms in total. The van der Waals surface area contributed by atoms with Gasteiger partial charge in [0.2, 0.25) is 0 Å². The number of hydrogen-bond donors (Lipinski definition) is 1. The molecule has 1 spiro atoms. The molecule has 4 rings (SSSR count). The third kappa shape index (κ3) is 3.24. The predicted molar refractivity (Wildman–Crippen MR) is 105 cm³/mol. The molecule has 2 saturated heterocycles. The second kappa shape index (κ2) is 7.28. The molecule has 28 heavy (non-hydrogen) atoms. The summed E-state index contributed by atoms with van der Waals surface area (Å²) in [6.07, 6.45) is 1.25. The number of urea groups is 1. The Bertz CT molecular complexity index is 876. The minimum Gasteiger partial charge on any atom is -0.508 e. The largest absolute Gasteiger partial charge is 0.508 e. The van der Waals surface area contributed by atoms with Gasteiger partial charge in [-0.25, -0.2) is 4.79 Å². The van der Waals surface area contributed by atoms with Crippen LogP contribution in [-0.4, -0.2) is 57.4 Å². The summed E-state index contributed by atoms with van der Waals surface area (Å²) in [6.45, 7) is 2.51. The normalized spacial score (nSPS) is 19.6. The molecule has 3 amide bonds. The van der Waals surface area contributed by atoms with Gasteiger partial charge in [0.15, 0.2) is 0 Å². The van der Waals surface area contributed by atoms with Gasteiger partial charge < -0.3 is 10.0 Å². The standard InChI is InChI=1S/C22H25N3O3/c1-23-21(28)25(16-17-6-3-2-4-7-17)20(27)22(23)10-12-24(13-11-22)15-18-8-5-9-19(26)14-18/h2-9,14,26H,10-13,15-16H2,1H3. The van der Waals surface area contributed by atoms with E-state index < -0.39 is 5.54 Å². The van der Waals surface area contributed by atoms with Crippen molar-refractivity contribution < 1.29 is 14.7 Å². The summed E-state index contributed by atoms with van der Waals surface area (Å²) in [7, 11) is 1.75. The summed E-state index contributed by atoms with van der Waals surface area (Å²) in [4.78, 5) is 31.3. The van der Waals surface area contributed by atoms with E-state index in [9.17, 15) is 14.7 Å². The summed E-state index contributed by atoms with van der Waals surface area (Å²) in [6, 6.07) is 16.7. The van der Waals surface area contributed by atoms with Gasteiger partial charge >= 0.3 is 6.03 Å². The minimum absolute atomic E-state index is 0.0825. The number of piperidine rings is 1. The number of likely N-dealkylation sites (N-methyl/N-ethyl adjacent to an activating group) is 1. The van der Waals surface area contributed by atoms with Gasteiger partial charge in [-0.1, -0.05) is 42.5 Å². The Hall–Kier alpha value is -2.86. The fourth-order valence-corrected chi connectivity index (χ4v) is 4.29. The van der Waals surface area contributed by atoms with E-state index in [1.807, 2.05) is 42.5 Å². The highest BCUT2D eigenvalue weighted by molar-refractivity contribution is 6.06. The number of likely N-dealkylation sites (tertiary alicyclic amines) is 1. The second-order valence-corrected chi connectivity index (χ2v) is 7.70. The molecule has 0 unspecified atom stereocenters. The van der Waals surface area contributed by atoms with E-state index in [0.29, 0.717) is 19.4 Å². The van der Waals surface area contributed by atoms with Crippen molar-refractivity contribution in [2.45, 2.75) is 31.5 Å². The molecule has 0 radical (unpaired) electrons. The number of rotatable bonds is 4. The zero-order chi connectivity index (χ0) is 19.7. The lowest BCUT2D eigenvalue weighted by molar-refractivity contribution is -0.135. The van der Waals surface area contributed by atoms with E-state index >= 15 is 0 Å². The molecule has 0 saturated carbocycles. The van der Waals surface area contributed by atoms with E-state index in [-0.39, 0.29) is 17.7 Å². The zero-order valence-electron chi connectivity index (χ0n) is 16.0. The van der Waals surface area contributed by atoms with Crippen molar-refractivity contribution in [3.63, 3.8) is 0 Å². The van der Waals surface area contributed by atoms with Crippen LogP contribution in [0.25, 0.3) is 0 Å². The Morgan fingerprint density at radius 1 is 0.929 bits per heavy atom. The highest BCUT2D eigenvalue weighted by atomic mass is 16.3. The van der Waals surface area contributed by atoms with Crippen molar-refractivity contribution in [1.29, 1.82) is 0 Å². The van der Waals surface area contributed by atoms with E-state index in [1.165, 1.54) is 4.90 Å². The first-order valence-corrected chi connectivity index (χ1v) is 9.63. The van der Waals surface area contributed by atoms with Crippen LogP contribution in [0, 0.1) is 0 Å². The van der Waals surface area contributed by atoms with Crippen LogP contribution in [0.3, 0.4) is 0 Å². The number of amides is 3. The van der Waals surface area contributed by atoms with Crippen LogP contribution in [0.15, 0.2) is 54.6 Å². The number of aromatic hydroxyl groups is 1. The van der Waals surface area contributed by atoms with Crippen LogP contribution in [0.5, 0.6) is 5.75 Å². The highest BCUT2D eigenvalue weighted by Gasteiger charge is 2.56. The van der Waals surface area contributed by atoms with Crippen LogP contribution in [0.2, 0.25) is 0 Å². The molecule has 2 heterocycles. The first kappa shape index (κ1) is 18.5. The summed E-state index contributed by atoms with van der Waals surface area (Å²) in [5.41, 5.74) is 1.26. The van der Waals surface area contributed by atoms with Gasteiger partial charge in [-0.2, -0.15) is 0 Å². The second-order valence-electron chi connectivity index (χ2n) is 7.70. The average Bonchev–Trinajstić information content (AvgIpc) is 2.87. The number of carbonyl (C=O) groups is 2. The van der Waals surface area contributed by atoms with Crippen molar-refractivity contribution in [3.05, 3.63) is 65.7 Å². The van der Waals surface area contributed by atoms with Crippen molar-refractivity contribution in [2.75, 3.05) is 20.1 Å². The molecule has 2 aliphatic heterocycles. The average molecular weight is 379 g/mol. The van der Waals surface area contributed by atoms with Gasteiger partial charge in [-0.05, 0) is 36.1 Å². The first-order chi connectivity index (χ1) is 13.5. The van der Waals surface area contributed by atoms with Crippen LogP contribution in [-0.2, 0) is 17.9 Å². The fraction of sp³-hybridized carbons (Fsp3) is 0.364. The van der Waals surface area contributed by atoms with Crippen LogP contribution in [0.4, 0.5) is 4.79 Å². The SMILES string of the molecule is CN1C(=O)N(Cc2ccccc2)C(=O)C12CCN(Cc1cccc(O)c1)CC2. The Kier molecular flexibility index (Phi) is 4.81. The van der Waals surface area contributed by atoms with Crippen LogP contribution < -0.4 is 0 Å². The van der Waals surface area contributed by atoms with Crippen molar-refractivity contribution in [1.82, 2.24) is 14.7 Å². The lowest BCUT2D eigenvalue weighted by Gasteiger charge is -2.40. The monoisotopic (exact) mass is 379 g/mol. The summed E-state index contributed by atoms with van der Waals surface area (Å²) in [5.74, 6) is 0.180. The lowest BCUT2D eigenvalue weighted by atomic mass is 9.86. The number of benzene rings is 2. The van der Waals surface area contributed by atoms with Gasteiger partial charge in [-0.15, -0.1) is 0 Å². The Balaban J connectivity index is 1.45. The molecule has 146 valence electrons. The van der Waals surface area contributed by atoms with Gasteiger partial charge in [0.25, 0.3) is 5.91 Å². The number of hydrogen-bond acceptors (Lipinski definition) is 4. The third-order valence-electron chi connectivity index (χ3n) is 5.99. The lowest BCUT2D eigenvalue weighted by Crippen LogP contribution is -2.55. The highest BCUT2D eigenvalue weighted by Crippen LogP contribution is 2.37. The molecule has 6 heteroatoms. The Labute approximate surface area is 165 Å². The van der Waals surface area contributed by atoms with E-state index in [1.54, 1.807) is 24.1 Å². The summed E-state index contributed by atoms with van der Waals surface area (Å²) in [5, 5.41) is 9.65. The quantitative estimate of drug-likeness (QED) is 0.830.